The summed E-state index contributed by atoms with van der Waals surface area (Å²) in [6, 6.07) is 12.5. The number of ether oxygens (including phenoxy) is 1. The van der Waals surface area contributed by atoms with Crippen molar-refractivity contribution in [2.24, 2.45) is 0 Å². The summed E-state index contributed by atoms with van der Waals surface area (Å²) in [6.45, 7) is 6.70. The van der Waals surface area contributed by atoms with Crippen LogP contribution in [-0.4, -0.2) is 11.6 Å². The van der Waals surface area contributed by atoms with Crippen molar-refractivity contribution in [1.82, 2.24) is 4.98 Å². The summed E-state index contributed by atoms with van der Waals surface area (Å²) in [5, 5.41) is 0. The summed E-state index contributed by atoms with van der Waals surface area (Å²) in [7, 11) is 0. The Labute approximate surface area is 146 Å². The Morgan fingerprint density at radius 2 is 1.83 bits per heavy atom. The maximum atomic E-state index is 5.71. The largest absolute Gasteiger partial charge is 0.494 e. The van der Waals surface area contributed by atoms with Crippen LogP contribution in [0.15, 0.2) is 55.3 Å². The van der Waals surface area contributed by atoms with Crippen LogP contribution in [0.4, 0.5) is 0 Å². The molecule has 0 saturated heterocycles. The number of hydrogen-bond acceptors (Lipinski definition) is 2. The second-order valence-electron chi connectivity index (χ2n) is 6.17. The lowest BCUT2D eigenvalue weighted by Gasteiger charge is -2.07. The lowest BCUT2D eigenvalue weighted by molar-refractivity contribution is 0.312. The standard InChI is InChI=1S/C22H29NO/c1-3-5-7-8-10-19-11-16-22(23-18-19)20-12-14-21(15-13-20)24-17-9-6-4-2/h4,11-16,18H,2-3,5-10,17H2,1H3. The minimum Gasteiger partial charge on any atom is -0.494 e. The van der Waals surface area contributed by atoms with Crippen molar-refractivity contribution < 1.29 is 4.74 Å². The predicted octanol–water partition coefficient (Wildman–Crippen LogP) is 6.22. The van der Waals surface area contributed by atoms with Crippen molar-refractivity contribution in [3.8, 4) is 17.0 Å². The number of benzene rings is 1. The van der Waals surface area contributed by atoms with E-state index in [4.69, 9.17) is 4.74 Å². The van der Waals surface area contributed by atoms with Gasteiger partial charge in [0, 0.05) is 11.8 Å². The van der Waals surface area contributed by atoms with Gasteiger partial charge >= 0.3 is 0 Å². The first-order valence-electron chi connectivity index (χ1n) is 9.12. The molecule has 2 heteroatoms. The Hall–Kier alpha value is -2.09. The lowest BCUT2D eigenvalue weighted by Crippen LogP contribution is -1.96. The first-order valence-corrected chi connectivity index (χ1v) is 9.12. The topological polar surface area (TPSA) is 22.1 Å². The molecule has 0 aliphatic rings. The number of rotatable bonds is 11. The summed E-state index contributed by atoms with van der Waals surface area (Å²) >= 11 is 0. The van der Waals surface area contributed by atoms with E-state index in [9.17, 15) is 0 Å². The van der Waals surface area contributed by atoms with Gasteiger partial charge in [0.2, 0.25) is 0 Å². The second-order valence-corrected chi connectivity index (χ2v) is 6.17. The average Bonchev–Trinajstić information content (AvgIpc) is 2.64. The van der Waals surface area contributed by atoms with E-state index in [1.165, 1.54) is 31.2 Å². The van der Waals surface area contributed by atoms with Gasteiger partial charge in [-0.1, -0.05) is 38.3 Å². The van der Waals surface area contributed by atoms with Crippen molar-refractivity contribution in [3.05, 3.63) is 60.8 Å². The van der Waals surface area contributed by atoms with E-state index in [0.717, 1.165) is 42.9 Å². The molecule has 1 aromatic heterocycles. The van der Waals surface area contributed by atoms with Crippen LogP contribution in [0.5, 0.6) is 5.75 Å². The highest BCUT2D eigenvalue weighted by Gasteiger charge is 2.01. The van der Waals surface area contributed by atoms with E-state index in [1.807, 2.05) is 24.4 Å². The zero-order valence-corrected chi connectivity index (χ0v) is 14.8. The van der Waals surface area contributed by atoms with Crippen molar-refractivity contribution in [2.75, 3.05) is 6.61 Å². The number of hydrogen-bond donors (Lipinski definition) is 0. The van der Waals surface area contributed by atoms with Gasteiger partial charge in [0.15, 0.2) is 0 Å². The van der Waals surface area contributed by atoms with Gasteiger partial charge in [0.1, 0.15) is 5.75 Å². The number of aromatic nitrogens is 1. The summed E-state index contributed by atoms with van der Waals surface area (Å²) in [5.41, 5.74) is 3.48. The van der Waals surface area contributed by atoms with Crippen LogP contribution < -0.4 is 4.74 Å². The molecule has 0 unspecified atom stereocenters. The van der Waals surface area contributed by atoms with Gasteiger partial charge in [-0.25, -0.2) is 0 Å². The van der Waals surface area contributed by atoms with Crippen molar-refractivity contribution in [3.63, 3.8) is 0 Å². The summed E-state index contributed by atoms with van der Waals surface area (Å²) < 4.78 is 5.71. The average molecular weight is 323 g/mol. The van der Waals surface area contributed by atoms with Gasteiger partial charge in [-0.15, -0.1) is 6.58 Å². The molecule has 24 heavy (non-hydrogen) atoms. The number of pyridine rings is 1. The third kappa shape index (κ3) is 6.19. The normalized spacial score (nSPS) is 10.5. The monoisotopic (exact) mass is 323 g/mol. The molecule has 2 nitrogen and oxygen atoms in total. The minimum atomic E-state index is 0.732. The molecule has 0 aliphatic carbocycles. The Kier molecular flexibility index (Phi) is 8.09. The Bertz CT molecular complexity index is 586. The predicted molar refractivity (Wildman–Crippen MR) is 102 cm³/mol. The van der Waals surface area contributed by atoms with E-state index in [-0.39, 0.29) is 0 Å². The van der Waals surface area contributed by atoms with Crippen LogP contribution in [-0.2, 0) is 6.42 Å². The van der Waals surface area contributed by atoms with Crippen LogP contribution in [0.2, 0.25) is 0 Å². The van der Waals surface area contributed by atoms with Crippen LogP contribution in [0.3, 0.4) is 0 Å². The molecule has 0 N–H and O–H groups in total. The van der Waals surface area contributed by atoms with Gasteiger partial charge in [-0.05, 0) is 61.6 Å². The van der Waals surface area contributed by atoms with Crippen LogP contribution in [0, 0.1) is 0 Å². The molecule has 0 aliphatic heterocycles. The molecule has 2 rings (SSSR count). The smallest absolute Gasteiger partial charge is 0.119 e. The van der Waals surface area contributed by atoms with E-state index in [0.29, 0.717) is 0 Å². The number of aryl methyl sites for hydroxylation is 1. The molecule has 0 amide bonds. The Morgan fingerprint density at radius 1 is 1.00 bits per heavy atom. The Balaban J connectivity index is 1.85. The zero-order valence-electron chi connectivity index (χ0n) is 14.8. The molecule has 0 spiro atoms. The van der Waals surface area contributed by atoms with Crippen molar-refractivity contribution >= 4 is 0 Å². The van der Waals surface area contributed by atoms with Crippen LogP contribution >= 0.6 is 0 Å². The van der Waals surface area contributed by atoms with Gasteiger partial charge in [-0.2, -0.15) is 0 Å². The van der Waals surface area contributed by atoms with Gasteiger partial charge < -0.3 is 4.74 Å². The first kappa shape index (κ1) is 18.3. The maximum absolute atomic E-state index is 5.71. The molecule has 0 radical (unpaired) electrons. The quantitative estimate of drug-likeness (QED) is 0.362. The molecule has 0 fully saturated rings. The molecule has 2 aromatic rings. The van der Waals surface area contributed by atoms with Crippen LogP contribution in [0.25, 0.3) is 11.3 Å². The van der Waals surface area contributed by atoms with E-state index >= 15 is 0 Å². The molecule has 1 aromatic carbocycles. The molecule has 0 atom stereocenters. The van der Waals surface area contributed by atoms with Crippen LogP contribution in [0.1, 0.15) is 51.0 Å². The zero-order chi connectivity index (χ0) is 17.0. The molecule has 1 heterocycles. The third-order valence-electron chi connectivity index (χ3n) is 4.12. The minimum absolute atomic E-state index is 0.732. The highest BCUT2D eigenvalue weighted by molar-refractivity contribution is 5.60. The maximum Gasteiger partial charge on any atom is 0.119 e. The first-order chi connectivity index (χ1) is 11.8. The van der Waals surface area contributed by atoms with E-state index < -0.39 is 0 Å². The summed E-state index contributed by atoms with van der Waals surface area (Å²) in [5.74, 6) is 0.912. The second kappa shape index (κ2) is 10.6. The fourth-order valence-corrected chi connectivity index (χ4v) is 2.64. The SMILES string of the molecule is C=CCCCOc1ccc(-c2ccc(CCCCCC)cn2)cc1. The number of unbranched alkanes of at least 4 members (excludes halogenated alkanes) is 4. The third-order valence-corrected chi connectivity index (χ3v) is 4.12. The van der Waals surface area contributed by atoms with E-state index in [1.54, 1.807) is 0 Å². The number of allylic oxidation sites excluding steroid dienone is 1. The molecular formula is C22H29NO. The summed E-state index contributed by atoms with van der Waals surface area (Å²) in [6.07, 6.45) is 12.2. The molecule has 0 bridgehead atoms. The van der Waals surface area contributed by atoms with E-state index in [2.05, 4.69) is 42.8 Å². The number of nitrogens with zero attached hydrogens (tertiary/aromatic N) is 1. The lowest BCUT2D eigenvalue weighted by atomic mass is 10.1. The fraction of sp³-hybridized carbons (Fsp3) is 0.409. The van der Waals surface area contributed by atoms with Gasteiger partial charge in [0.25, 0.3) is 0 Å². The highest BCUT2D eigenvalue weighted by Crippen LogP contribution is 2.21. The van der Waals surface area contributed by atoms with Gasteiger partial charge in [-0.3, -0.25) is 4.98 Å². The molecule has 128 valence electrons. The molecule has 0 saturated carbocycles. The van der Waals surface area contributed by atoms with Crippen molar-refractivity contribution in [1.29, 1.82) is 0 Å². The highest BCUT2D eigenvalue weighted by atomic mass is 16.5. The summed E-state index contributed by atoms with van der Waals surface area (Å²) in [4.78, 5) is 4.61. The fourth-order valence-electron chi connectivity index (χ4n) is 2.64. The Morgan fingerprint density at radius 3 is 2.50 bits per heavy atom. The van der Waals surface area contributed by atoms with Crippen molar-refractivity contribution in [2.45, 2.75) is 51.9 Å². The molecular weight excluding hydrogens is 294 g/mol. The van der Waals surface area contributed by atoms with Gasteiger partial charge in [0.05, 0.1) is 12.3 Å².